The maximum Gasteiger partial charge on any atom is 0.221 e. The van der Waals surface area contributed by atoms with Crippen LogP contribution in [0.25, 0.3) is 0 Å². The summed E-state index contributed by atoms with van der Waals surface area (Å²) >= 11 is 0. The van der Waals surface area contributed by atoms with Gasteiger partial charge in [0.1, 0.15) is 10.5 Å². The van der Waals surface area contributed by atoms with Gasteiger partial charge in [-0.1, -0.05) is 0 Å². The molecule has 0 aromatic carbocycles. The normalized spacial score (nSPS) is 30.8. The maximum absolute atomic E-state index is 12.4. The Bertz CT molecular complexity index is 596. The van der Waals surface area contributed by atoms with Crippen molar-refractivity contribution in [3.05, 3.63) is 0 Å². The van der Waals surface area contributed by atoms with Gasteiger partial charge in [-0.05, 0) is 6.92 Å². The Morgan fingerprint density at radius 1 is 0.857 bits per heavy atom. The van der Waals surface area contributed by atoms with E-state index in [0.29, 0.717) is 0 Å². The predicted molar refractivity (Wildman–Crippen MR) is 74.8 cm³/mol. The van der Waals surface area contributed by atoms with E-state index in [9.17, 15) is 16.8 Å². The Labute approximate surface area is 125 Å². The van der Waals surface area contributed by atoms with Crippen LogP contribution in [0.2, 0.25) is 0 Å². The summed E-state index contributed by atoms with van der Waals surface area (Å²) < 4.78 is 62.2. The minimum atomic E-state index is -3.39. The molecule has 3 rings (SSSR count). The van der Waals surface area contributed by atoms with Crippen molar-refractivity contribution in [1.82, 2.24) is 8.61 Å². The van der Waals surface area contributed by atoms with Gasteiger partial charge < -0.3 is 9.47 Å². The van der Waals surface area contributed by atoms with Gasteiger partial charge >= 0.3 is 0 Å². The van der Waals surface area contributed by atoms with E-state index in [0.717, 1.165) is 0 Å². The first-order chi connectivity index (χ1) is 9.83. The van der Waals surface area contributed by atoms with Crippen molar-refractivity contribution in [2.75, 3.05) is 46.1 Å². The molecule has 3 aliphatic heterocycles. The first-order valence-corrected chi connectivity index (χ1v) is 9.99. The van der Waals surface area contributed by atoms with Crippen LogP contribution >= 0.6 is 0 Å². The van der Waals surface area contributed by atoms with Gasteiger partial charge in [0.25, 0.3) is 0 Å². The van der Waals surface area contributed by atoms with Gasteiger partial charge in [0.15, 0.2) is 0 Å². The van der Waals surface area contributed by atoms with Crippen LogP contribution in [-0.4, -0.2) is 88.0 Å². The van der Waals surface area contributed by atoms with Crippen molar-refractivity contribution < 1.29 is 26.3 Å². The van der Waals surface area contributed by atoms with Gasteiger partial charge in [-0.25, -0.2) is 16.8 Å². The van der Waals surface area contributed by atoms with Gasteiger partial charge in [0.05, 0.1) is 26.4 Å². The third-order valence-electron chi connectivity index (χ3n) is 4.27. The second-order valence-electron chi connectivity index (χ2n) is 5.73. The SMILES string of the molecule is C[C@@H]1CN(S(=O)(=O)C2COC2)CCN1S(=O)(=O)C1COC1. The Morgan fingerprint density at radius 3 is 1.81 bits per heavy atom. The van der Waals surface area contributed by atoms with E-state index in [1.54, 1.807) is 6.92 Å². The topological polar surface area (TPSA) is 93.2 Å². The third-order valence-corrected chi connectivity index (χ3v) is 8.75. The molecule has 122 valence electrons. The number of sulfonamides is 2. The highest BCUT2D eigenvalue weighted by Crippen LogP contribution is 2.25. The molecule has 1 atom stereocenters. The monoisotopic (exact) mass is 340 g/mol. The molecule has 0 saturated carbocycles. The van der Waals surface area contributed by atoms with Crippen molar-refractivity contribution in [3.8, 4) is 0 Å². The number of nitrogens with zero attached hydrogens (tertiary/aromatic N) is 2. The van der Waals surface area contributed by atoms with Gasteiger partial charge in [-0.2, -0.15) is 8.61 Å². The molecule has 0 amide bonds. The number of ether oxygens (including phenoxy) is 2. The zero-order valence-electron chi connectivity index (χ0n) is 11.8. The average molecular weight is 340 g/mol. The van der Waals surface area contributed by atoms with Crippen LogP contribution in [0.4, 0.5) is 0 Å². The minimum absolute atomic E-state index is 0.200. The number of piperazine rings is 1. The second-order valence-corrected chi connectivity index (χ2v) is 10.1. The summed E-state index contributed by atoms with van der Waals surface area (Å²) in [7, 11) is -6.77. The highest BCUT2D eigenvalue weighted by atomic mass is 32.2. The lowest BCUT2D eigenvalue weighted by Crippen LogP contribution is -2.61. The second kappa shape index (κ2) is 5.43. The van der Waals surface area contributed by atoms with E-state index in [1.807, 2.05) is 0 Å². The average Bonchev–Trinajstić information content (AvgIpc) is 2.21. The van der Waals surface area contributed by atoms with Crippen LogP contribution < -0.4 is 0 Å². The van der Waals surface area contributed by atoms with E-state index in [2.05, 4.69) is 0 Å². The van der Waals surface area contributed by atoms with Crippen molar-refractivity contribution >= 4 is 20.0 Å². The van der Waals surface area contributed by atoms with Crippen molar-refractivity contribution in [1.29, 1.82) is 0 Å². The molecule has 3 aliphatic rings. The molecule has 3 heterocycles. The fourth-order valence-electron chi connectivity index (χ4n) is 2.69. The van der Waals surface area contributed by atoms with Crippen LogP contribution in [0.3, 0.4) is 0 Å². The zero-order chi connectivity index (χ0) is 15.3. The minimum Gasteiger partial charge on any atom is -0.378 e. The van der Waals surface area contributed by atoms with Gasteiger partial charge in [-0.15, -0.1) is 0 Å². The standard InChI is InChI=1S/C11H20N2O6S2/c1-9-4-12(20(14,15)10-5-18-6-10)2-3-13(9)21(16,17)11-7-19-8-11/h9-11H,2-8H2,1H3/t9-/m1/s1. The molecule has 0 radical (unpaired) electrons. The fraction of sp³-hybridized carbons (Fsp3) is 1.00. The highest BCUT2D eigenvalue weighted by Gasteiger charge is 2.45. The molecule has 0 bridgehead atoms. The number of hydrogen-bond donors (Lipinski definition) is 0. The van der Waals surface area contributed by atoms with Crippen LogP contribution in [0.5, 0.6) is 0 Å². The summed E-state index contributed by atoms with van der Waals surface area (Å²) in [6.07, 6.45) is 0. The molecule has 0 N–H and O–H groups in total. The molecular formula is C11H20N2O6S2. The first kappa shape index (κ1) is 15.6. The van der Waals surface area contributed by atoms with Gasteiger partial charge in [-0.3, -0.25) is 0 Å². The lowest BCUT2D eigenvalue weighted by molar-refractivity contribution is 0.0354. The summed E-state index contributed by atoms with van der Waals surface area (Å²) in [5.41, 5.74) is 0. The highest BCUT2D eigenvalue weighted by molar-refractivity contribution is 7.90. The summed E-state index contributed by atoms with van der Waals surface area (Å²) in [4.78, 5) is 0. The first-order valence-electron chi connectivity index (χ1n) is 6.98. The molecule has 0 aromatic heterocycles. The number of hydrogen-bond acceptors (Lipinski definition) is 6. The van der Waals surface area contributed by atoms with Crippen molar-refractivity contribution in [2.24, 2.45) is 0 Å². The van der Waals surface area contributed by atoms with Crippen LogP contribution in [0, 0.1) is 0 Å². The van der Waals surface area contributed by atoms with Crippen LogP contribution in [0.15, 0.2) is 0 Å². The van der Waals surface area contributed by atoms with Crippen molar-refractivity contribution in [2.45, 2.75) is 23.5 Å². The Kier molecular flexibility index (Phi) is 4.04. The predicted octanol–water partition coefficient (Wildman–Crippen LogP) is -1.55. The van der Waals surface area contributed by atoms with E-state index < -0.39 is 30.5 Å². The Balaban J connectivity index is 1.69. The van der Waals surface area contributed by atoms with E-state index in [4.69, 9.17) is 9.47 Å². The molecular weight excluding hydrogens is 320 g/mol. The molecule has 0 unspecified atom stereocenters. The smallest absolute Gasteiger partial charge is 0.221 e. The van der Waals surface area contributed by atoms with E-state index in [1.165, 1.54) is 8.61 Å². The molecule has 21 heavy (non-hydrogen) atoms. The third kappa shape index (κ3) is 2.62. The van der Waals surface area contributed by atoms with Gasteiger partial charge in [0.2, 0.25) is 20.0 Å². The molecule has 10 heteroatoms. The van der Waals surface area contributed by atoms with Crippen LogP contribution in [0.1, 0.15) is 6.92 Å². The lowest BCUT2D eigenvalue weighted by Gasteiger charge is -2.42. The zero-order valence-corrected chi connectivity index (χ0v) is 13.5. The van der Waals surface area contributed by atoms with Gasteiger partial charge in [0, 0.05) is 25.7 Å². The molecule has 0 spiro atoms. The Morgan fingerprint density at radius 2 is 1.38 bits per heavy atom. The van der Waals surface area contributed by atoms with E-state index in [-0.39, 0.29) is 52.1 Å². The number of rotatable bonds is 4. The van der Waals surface area contributed by atoms with Crippen LogP contribution in [-0.2, 0) is 29.5 Å². The summed E-state index contributed by atoms with van der Waals surface area (Å²) in [5.74, 6) is 0. The lowest BCUT2D eigenvalue weighted by atomic mass is 10.3. The quantitative estimate of drug-likeness (QED) is 0.615. The molecule has 8 nitrogen and oxygen atoms in total. The molecule has 3 saturated heterocycles. The largest absolute Gasteiger partial charge is 0.378 e. The maximum atomic E-state index is 12.4. The van der Waals surface area contributed by atoms with Crippen molar-refractivity contribution in [3.63, 3.8) is 0 Å². The Hall–Kier alpha value is -0.260. The summed E-state index contributed by atoms with van der Waals surface area (Å²) in [6, 6.07) is -0.361. The summed E-state index contributed by atoms with van der Waals surface area (Å²) in [6.45, 7) is 3.27. The fourth-order valence-corrected chi connectivity index (χ4v) is 6.23. The molecule has 0 aliphatic carbocycles. The molecule has 0 aromatic rings. The molecule has 3 fully saturated rings. The van der Waals surface area contributed by atoms with E-state index >= 15 is 0 Å². The summed E-state index contributed by atoms with van der Waals surface area (Å²) in [5, 5.41) is -0.962.